The van der Waals surface area contributed by atoms with E-state index in [0.717, 1.165) is 12.1 Å². The lowest BCUT2D eigenvalue weighted by molar-refractivity contribution is -0.137. The molecule has 0 spiro atoms. The average Bonchev–Trinajstić information content (AvgIpc) is 2.64. The first-order chi connectivity index (χ1) is 7.47. The molecular formula is C9H4F3IN2S. The highest BCUT2D eigenvalue weighted by Crippen LogP contribution is 2.31. The van der Waals surface area contributed by atoms with Crippen molar-refractivity contribution in [2.45, 2.75) is 6.18 Å². The fourth-order valence-electron chi connectivity index (χ4n) is 1.12. The summed E-state index contributed by atoms with van der Waals surface area (Å²) >= 11 is 3.12. The van der Waals surface area contributed by atoms with Gasteiger partial charge >= 0.3 is 6.18 Å². The van der Waals surface area contributed by atoms with E-state index in [0.29, 0.717) is 14.4 Å². The molecule has 0 amide bonds. The molecule has 0 saturated carbocycles. The monoisotopic (exact) mass is 356 g/mol. The third-order valence-corrected chi connectivity index (χ3v) is 3.43. The SMILES string of the molecule is FC(F)(F)c1ccc(-c2nc(I)ns2)cc1. The molecule has 0 N–H and O–H groups in total. The van der Waals surface area contributed by atoms with Gasteiger partial charge in [-0.1, -0.05) is 12.1 Å². The van der Waals surface area contributed by atoms with Gasteiger partial charge in [-0.3, -0.25) is 0 Å². The van der Waals surface area contributed by atoms with Crippen LogP contribution in [-0.4, -0.2) is 9.36 Å². The van der Waals surface area contributed by atoms with Crippen molar-refractivity contribution in [3.05, 3.63) is 33.7 Å². The van der Waals surface area contributed by atoms with E-state index in [1.807, 2.05) is 22.6 Å². The Morgan fingerprint density at radius 1 is 1.12 bits per heavy atom. The van der Waals surface area contributed by atoms with Crippen molar-refractivity contribution in [3.63, 3.8) is 0 Å². The van der Waals surface area contributed by atoms with Gasteiger partial charge in [0.25, 0.3) is 0 Å². The molecule has 0 unspecified atom stereocenters. The van der Waals surface area contributed by atoms with E-state index in [-0.39, 0.29) is 0 Å². The zero-order valence-corrected chi connectivity index (χ0v) is 10.6. The average molecular weight is 356 g/mol. The van der Waals surface area contributed by atoms with Gasteiger partial charge in [0.2, 0.25) is 3.83 Å². The zero-order valence-electron chi connectivity index (χ0n) is 7.62. The highest BCUT2D eigenvalue weighted by atomic mass is 127. The highest BCUT2D eigenvalue weighted by Gasteiger charge is 2.30. The molecule has 2 rings (SSSR count). The van der Waals surface area contributed by atoms with Crippen molar-refractivity contribution in [1.82, 2.24) is 9.36 Å². The number of alkyl halides is 3. The van der Waals surface area contributed by atoms with E-state index < -0.39 is 11.7 Å². The van der Waals surface area contributed by atoms with E-state index in [2.05, 4.69) is 9.36 Å². The predicted molar refractivity (Wildman–Crippen MR) is 63.1 cm³/mol. The number of halogens is 4. The van der Waals surface area contributed by atoms with Gasteiger partial charge in [-0.2, -0.15) is 17.5 Å². The summed E-state index contributed by atoms with van der Waals surface area (Å²) in [7, 11) is 0. The van der Waals surface area contributed by atoms with Crippen molar-refractivity contribution >= 4 is 34.1 Å². The molecule has 0 aliphatic rings. The summed E-state index contributed by atoms with van der Waals surface area (Å²) in [6.07, 6.45) is -4.30. The van der Waals surface area contributed by atoms with Crippen LogP contribution in [0.1, 0.15) is 5.56 Å². The number of hydrogen-bond acceptors (Lipinski definition) is 3. The second-order valence-corrected chi connectivity index (χ2v) is 4.66. The van der Waals surface area contributed by atoms with Crippen LogP contribution in [0.2, 0.25) is 0 Å². The minimum atomic E-state index is -4.30. The molecular weight excluding hydrogens is 352 g/mol. The van der Waals surface area contributed by atoms with Gasteiger partial charge < -0.3 is 0 Å². The minimum absolute atomic E-state index is 0.595. The first kappa shape index (κ1) is 11.8. The Labute approximate surface area is 107 Å². The molecule has 2 nitrogen and oxygen atoms in total. The topological polar surface area (TPSA) is 25.8 Å². The van der Waals surface area contributed by atoms with Gasteiger partial charge in [-0.15, -0.1) is 0 Å². The first-order valence-electron chi connectivity index (χ1n) is 4.13. The summed E-state index contributed by atoms with van der Waals surface area (Å²) in [6.45, 7) is 0. The number of aromatic nitrogens is 2. The Hall–Kier alpha value is -0.700. The van der Waals surface area contributed by atoms with Crippen molar-refractivity contribution in [1.29, 1.82) is 0 Å². The Morgan fingerprint density at radius 2 is 1.75 bits per heavy atom. The van der Waals surface area contributed by atoms with Crippen LogP contribution in [-0.2, 0) is 6.18 Å². The molecule has 0 bridgehead atoms. The van der Waals surface area contributed by atoms with Crippen molar-refractivity contribution in [3.8, 4) is 10.6 Å². The summed E-state index contributed by atoms with van der Waals surface area (Å²) in [4.78, 5) is 4.09. The summed E-state index contributed by atoms with van der Waals surface area (Å²) < 4.78 is 41.5. The summed E-state index contributed by atoms with van der Waals surface area (Å²) in [6, 6.07) is 4.89. The molecule has 7 heteroatoms. The van der Waals surface area contributed by atoms with Crippen LogP contribution in [0.3, 0.4) is 0 Å². The van der Waals surface area contributed by atoms with E-state index in [9.17, 15) is 13.2 Å². The molecule has 0 radical (unpaired) electrons. The maximum absolute atomic E-state index is 12.3. The van der Waals surface area contributed by atoms with Crippen LogP contribution < -0.4 is 0 Å². The summed E-state index contributed by atoms with van der Waals surface area (Å²) in [5.41, 5.74) is -0.0103. The zero-order chi connectivity index (χ0) is 11.8. The molecule has 0 fully saturated rings. The van der Waals surface area contributed by atoms with Crippen molar-refractivity contribution in [2.24, 2.45) is 0 Å². The highest BCUT2D eigenvalue weighted by molar-refractivity contribution is 14.1. The fourth-order valence-corrected chi connectivity index (χ4v) is 2.40. The molecule has 0 aliphatic carbocycles. The number of rotatable bonds is 1. The second kappa shape index (κ2) is 4.28. The van der Waals surface area contributed by atoms with E-state index in [1.54, 1.807) is 0 Å². The fraction of sp³-hybridized carbons (Fsp3) is 0.111. The molecule has 1 aromatic carbocycles. The van der Waals surface area contributed by atoms with E-state index >= 15 is 0 Å². The Kier molecular flexibility index (Phi) is 3.15. The maximum atomic E-state index is 12.3. The van der Waals surface area contributed by atoms with Crippen LogP contribution in [0.15, 0.2) is 24.3 Å². The van der Waals surface area contributed by atoms with Gasteiger partial charge in [0.15, 0.2) is 0 Å². The molecule has 1 heterocycles. The van der Waals surface area contributed by atoms with E-state index in [1.165, 1.54) is 23.7 Å². The van der Waals surface area contributed by atoms with Crippen molar-refractivity contribution in [2.75, 3.05) is 0 Å². The normalized spacial score (nSPS) is 11.8. The minimum Gasteiger partial charge on any atom is -0.210 e. The summed E-state index contributed by atoms with van der Waals surface area (Å²) in [5, 5.41) is 0.623. The van der Waals surface area contributed by atoms with Crippen molar-refractivity contribution < 1.29 is 13.2 Å². The molecule has 2 aromatic rings. The lowest BCUT2D eigenvalue weighted by Gasteiger charge is -2.06. The predicted octanol–water partition coefficient (Wildman–Crippen LogP) is 3.83. The number of nitrogens with zero attached hydrogens (tertiary/aromatic N) is 2. The molecule has 0 atom stereocenters. The smallest absolute Gasteiger partial charge is 0.210 e. The molecule has 1 aromatic heterocycles. The molecule has 84 valence electrons. The van der Waals surface area contributed by atoms with Crippen LogP contribution in [0.5, 0.6) is 0 Å². The van der Waals surface area contributed by atoms with Gasteiger partial charge in [0.05, 0.1) is 5.56 Å². The van der Waals surface area contributed by atoms with Crippen LogP contribution in [0.4, 0.5) is 13.2 Å². The lowest BCUT2D eigenvalue weighted by atomic mass is 10.1. The maximum Gasteiger partial charge on any atom is 0.416 e. The molecule has 0 aliphatic heterocycles. The van der Waals surface area contributed by atoms with Gasteiger partial charge in [-0.25, -0.2) is 4.98 Å². The third-order valence-electron chi connectivity index (χ3n) is 1.86. The lowest BCUT2D eigenvalue weighted by Crippen LogP contribution is -2.03. The van der Waals surface area contributed by atoms with Gasteiger partial charge in [0, 0.05) is 28.2 Å². The molecule has 0 saturated heterocycles. The molecule has 16 heavy (non-hydrogen) atoms. The Bertz CT molecular complexity index is 492. The largest absolute Gasteiger partial charge is 0.416 e. The third kappa shape index (κ3) is 2.51. The Morgan fingerprint density at radius 3 is 2.19 bits per heavy atom. The second-order valence-electron chi connectivity index (χ2n) is 2.94. The van der Waals surface area contributed by atoms with Crippen LogP contribution in [0, 0.1) is 3.83 Å². The van der Waals surface area contributed by atoms with Crippen LogP contribution in [0.25, 0.3) is 10.6 Å². The van der Waals surface area contributed by atoms with Gasteiger partial charge in [0.1, 0.15) is 5.01 Å². The number of benzene rings is 1. The quantitative estimate of drug-likeness (QED) is 0.726. The number of hydrogen-bond donors (Lipinski definition) is 0. The Balaban J connectivity index is 2.33. The van der Waals surface area contributed by atoms with Crippen LogP contribution >= 0.6 is 34.1 Å². The standard InChI is InChI=1S/C9H4F3IN2S/c10-9(11,12)6-3-1-5(2-4-6)7-14-8(13)15-16-7/h1-4H. The van der Waals surface area contributed by atoms with Gasteiger partial charge in [-0.05, 0) is 23.7 Å². The summed E-state index contributed by atoms with van der Waals surface area (Å²) in [5.74, 6) is 0. The van der Waals surface area contributed by atoms with E-state index in [4.69, 9.17) is 0 Å². The first-order valence-corrected chi connectivity index (χ1v) is 5.99.